The number of hydrogen-bond donors (Lipinski definition) is 2. The summed E-state index contributed by atoms with van der Waals surface area (Å²) < 4.78 is 11.5. The quantitative estimate of drug-likeness (QED) is 0.270. The molecule has 0 saturated heterocycles. The molecular weight excluding hydrogens is 486 g/mol. The van der Waals surface area contributed by atoms with Crippen molar-refractivity contribution in [2.24, 2.45) is 5.92 Å². The van der Waals surface area contributed by atoms with Crippen molar-refractivity contribution < 1.29 is 24.2 Å². The minimum atomic E-state index is -0.875. The van der Waals surface area contributed by atoms with Gasteiger partial charge in [0, 0.05) is 12.6 Å². The first-order valence-corrected chi connectivity index (χ1v) is 13.8. The molecular formula is C25H35N3O5S2. The zero-order valence-corrected chi connectivity index (χ0v) is 22.3. The van der Waals surface area contributed by atoms with E-state index in [4.69, 9.17) is 14.6 Å². The molecule has 0 unspecified atom stereocenters. The van der Waals surface area contributed by atoms with E-state index in [1.165, 1.54) is 28.7 Å². The van der Waals surface area contributed by atoms with Gasteiger partial charge in [-0.3, -0.25) is 10.1 Å². The number of methoxy groups -OCH3 is 2. The number of thiazole rings is 1. The Morgan fingerprint density at radius 3 is 2.60 bits per heavy atom. The van der Waals surface area contributed by atoms with Gasteiger partial charge in [-0.25, -0.2) is 9.78 Å². The van der Waals surface area contributed by atoms with Gasteiger partial charge in [-0.15, -0.1) is 11.8 Å². The van der Waals surface area contributed by atoms with Crippen LogP contribution < -0.4 is 14.8 Å². The van der Waals surface area contributed by atoms with Crippen molar-refractivity contribution >= 4 is 40.2 Å². The lowest BCUT2D eigenvalue weighted by molar-refractivity contribution is -0.133. The molecule has 35 heavy (non-hydrogen) atoms. The number of thioether (sulfide) groups is 1. The van der Waals surface area contributed by atoms with Gasteiger partial charge in [-0.2, -0.15) is 0 Å². The van der Waals surface area contributed by atoms with Gasteiger partial charge in [-0.05, 0) is 68.6 Å². The summed E-state index contributed by atoms with van der Waals surface area (Å²) in [6.07, 6.45) is 8.66. The molecule has 2 aromatic rings. The monoisotopic (exact) mass is 521 g/mol. The molecule has 3 rings (SSSR count). The molecule has 0 atom stereocenters. The Balaban J connectivity index is 1.57. The van der Waals surface area contributed by atoms with Gasteiger partial charge in [-0.1, -0.05) is 24.3 Å². The summed E-state index contributed by atoms with van der Waals surface area (Å²) in [5.41, 5.74) is 1.18. The van der Waals surface area contributed by atoms with Crippen LogP contribution in [0.3, 0.4) is 0 Å². The Labute approximate surface area is 215 Å². The second-order valence-electron chi connectivity index (χ2n) is 8.85. The molecule has 1 fully saturated rings. The fourth-order valence-electron chi connectivity index (χ4n) is 4.33. The van der Waals surface area contributed by atoms with E-state index >= 15 is 0 Å². The summed E-state index contributed by atoms with van der Waals surface area (Å²) in [6.45, 7) is 2.96. The molecule has 192 valence electrons. The maximum absolute atomic E-state index is 13.2. The number of unbranched alkanes of at least 4 members (excludes halogenated alkanes) is 1. The van der Waals surface area contributed by atoms with Crippen molar-refractivity contribution in [2.75, 3.05) is 31.8 Å². The lowest BCUT2D eigenvalue weighted by Crippen LogP contribution is -2.45. The predicted molar refractivity (Wildman–Crippen MR) is 140 cm³/mol. The SMILES string of the molecule is COc1ccc(CCCCN(C(=O)Nc2ncc(SCC(=O)O)s2)[C@H]2CC[C@H](C)CC2)cc1OC. The number of benzene rings is 1. The van der Waals surface area contributed by atoms with Gasteiger partial charge >= 0.3 is 12.0 Å². The van der Waals surface area contributed by atoms with Crippen LogP contribution in [0.15, 0.2) is 28.6 Å². The molecule has 1 heterocycles. The molecule has 1 aliphatic carbocycles. The number of nitrogens with one attached hydrogen (secondary N) is 1. The normalized spacial score (nSPS) is 17.6. The third kappa shape index (κ3) is 8.31. The number of carbonyl (C=O) groups is 2. The number of nitrogens with zero attached hydrogens (tertiary/aromatic N) is 2. The van der Waals surface area contributed by atoms with Crippen LogP contribution in [0, 0.1) is 5.92 Å². The lowest BCUT2D eigenvalue weighted by atomic mass is 9.86. The summed E-state index contributed by atoms with van der Waals surface area (Å²) in [7, 11) is 3.27. The number of hydrogen-bond acceptors (Lipinski definition) is 7. The first-order chi connectivity index (χ1) is 16.9. The van der Waals surface area contributed by atoms with Gasteiger partial charge in [0.15, 0.2) is 16.6 Å². The number of aryl methyl sites for hydroxylation is 1. The van der Waals surface area contributed by atoms with Gasteiger partial charge < -0.3 is 19.5 Å². The molecule has 10 heteroatoms. The fourth-order valence-corrected chi connectivity index (χ4v) is 5.91. The van der Waals surface area contributed by atoms with E-state index in [0.29, 0.717) is 17.6 Å². The maximum Gasteiger partial charge on any atom is 0.323 e. The van der Waals surface area contributed by atoms with Crippen LogP contribution in [0.1, 0.15) is 51.0 Å². The van der Waals surface area contributed by atoms with Gasteiger partial charge in [0.05, 0.1) is 30.4 Å². The molecule has 1 saturated carbocycles. The number of carbonyl (C=O) groups excluding carboxylic acids is 1. The molecule has 0 radical (unpaired) electrons. The molecule has 0 aliphatic heterocycles. The van der Waals surface area contributed by atoms with Crippen LogP contribution in [-0.4, -0.2) is 59.5 Å². The highest BCUT2D eigenvalue weighted by molar-refractivity contribution is 8.01. The highest BCUT2D eigenvalue weighted by atomic mass is 32.2. The molecule has 8 nitrogen and oxygen atoms in total. The van der Waals surface area contributed by atoms with Crippen LogP contribution in [0.5, 0.6) is 11.5 Å². The molecule has 0 bridgehead atoms. The van der Waals surface area contributed by atoms with Crippen molar-refractivity contribution in [3.8, 4) is 11.5 Å². The number of aromatic nitrogens is 1. The molecule has 2 N–H and O–H groups in total. The van der Waals surface area contributed by atoms with E-state index in [1.54, 1.807) is 20.4 Å². The molecule has 1 aliphatic rings. The van der Waals surface area contributed by atoms with E-state index in [0.717, 1.165) is 60.7 Å². The smallest absolute Gasteiger partial charge is 0.323 e. The first-order valence-electron chi connectivity index (χ1n) is 12.0. The average Bonchev–Trinajstić information content (AvgIpc) is 3.30. The minimum absolute atomic E-state index is 0.0258. The van der Waals surface area contributed by atoms with Crippen molar-refractivity contribution in [3.05, 3.63) is 30.0 Å². The van der Waals surface area contributed by atoms with Crippen molar-refractivity contribution in [2.45, 2.75) is 62.1 Å². The second kappa shape index (κ2) is 13.6. The van der Waals surface area contributed by atoms with E-state index in [2.05, 4.69) is 23.3 Å². The fraction of sp³-hybridized carbons (Fsp3) is 0.560. The number of rotatable bonds is 12. The summed E-state index contributed by atoms with van der Waals surface area (Å²) >= 11 is 2.52. The lowest BCUT2D eigenvalue weighted by Gasteiger charge is -2.36. The summed E-state index contributed by atoms with van der Waals surface area (Å²) in [5, 5.41) is 12.3. The Kier molecular flexibility index (Phi) is 10.5. The summed E-state index contributed by atoms with van der Waals surface area (Å²) in [4.78, 5) is 30.3. The zero-order valence-electron chi connectivity index (χ0n) is 20.6. The molecule has 1 aromatic carbocycles. The standard InChI is InChI=1S/C25H35N3O5S2/c1-17-7-10-19(11-8-17)28(25(31)27-24-26-15-23(35-24)34-16-22(29)30)13-5-4-6-18-9-12-20(32-2)21(14-18)33-3/h9,12,14-15,17,19H,4-8,10-11,13,16H2,1-3H3,(H,29,30)(H,26,27,31)/t17-,19-. The minimum Gasteiger partial charge on any atom is -0.493 e. The Morgan fingerprint density at radius 2 is 1.91 bits per heavy atom. The average molecular weight is 522 g/mol. The predicted octanol–water partition coefficient (Wildman–Crippen LogP) is 5.77. The van der Waals surface area contributed by atoms with Crippen LogP contribution in [0.4, 0.5) is 9.93 Å². The van der Waals surface area contributed by atoms with Crippen molar-refractivity contribution in [1.82, 2.24) is 9.88 Å². The number of aliphatic carboxylic acids is 1. The van der Waals surface area contributed by atoms with E-state index in [9.17, 15) is 9.59 Å². The highest BCUT2D eigenvalue weighted by Gasteiger charge is 2.27. The number of carboxylic acid groups (broad SMARTS) is 1. The first kappa shape index (κ1) is 27.1. The molecule has 1 aromatic heterocycles. The van der Waals surface area contributed by atoms with E-state index < -0.39 is 5.97 Å². The van der Waals surface area contributed by atoms with Crippen LogP contribution in [0.25, 0.3) is 0 Å². The Bertz CT molecular complexity index is 976. The molecule has 0 spiro atoms. The summed E-state index contributed by atoms with van der Waals surface area (Å²) in [5.74, 6) is 1.25. The van der Waals surface area contributed by atoms with Crippen molar-refractivity contribution in [1.29, 1.82) is 0 Å². The van der Waals surface area contributed by atoms with Crippen LogP contribution in [0.2, 0.25) is 0 Å². The highest BCUT2D eigenvalue weighted by Crippen LogP contribution is 2.31. The zero-order chi connectivity index (χ0) is 25.2. The van der Waals surface area contributed by atoms with E-state index in [1.807, 2.05) is 17.0 Å². The largest absolute Gasteiger partial charge is 0.493 e. The second-order valence-corrected chi connectivity index (χ2v) is 11.2. The number of urea groups is 1. The number of amides is 2. The molecule has 2 amide bonds. The number of ether oxygens (including phenoxy) is 2. The van der Waals surface area contributed by atoms with Crippen molar-refractivity contribution in [3.63, 3.8) is 0 Å². The van der Waals surface area contributed by atoms with Gasteiger partial charge in [0.1, 0.15) is 0 Å². The Morgan fingerprint density at radius 1 is 1.17 bits per heavy atom. The third-order valence-electron chi connectivity index (χ3n) is 6.29. The van der Waals surface area contributed by atoms with Crippen LogP contribution in [-0.2, 0) is 11.2 Å². The number of anilines is 1. The third-order valence-corrected chi connectivity index (χ3v) is 8.38. The summed E-state index contributed by atoms with van der Waals surface area (Å²) in [6, 6.07) is 6.09. The Hall–Kier alpha value is -2.46. The van der Waals surface area contributed by atoms with Gasteiger partial charge in [0.2, 0.25) is 0 Å². The topological polar surface area (TPSA) is 101 Å². The number of carboxylic acids is 1. The maximum atomic E-state index is 13.2. The van der Waals surface area contributed by atoms with Crippen LogP contribution >= 0.6 is 23.1 Å². The van der Waals surface area contributed by atoms with E-state index in [-0.39, 0.29) is 17.8 Å². The van der Waals surface area contributed by atoms with Gasteiger partial charge in [0.25, 0.3) is 0 Å².